The third kappa shape index (κ3) is 3.45. The summed E-state index contributed by atoms with van der Waals surface area (Å²) in [6.07, 6.45) is 4.20. The lowest BCUT2D eigenvalue weighted by atomic mass is 10.0. The van der Waals surface area contributed by atoms with Crippen molar-refractivity contribution in [1.29, 1.82) is 0 Å². The van der Waals surface area contributed by atoms with Crippen LogP contribution in [0.3, 0.4) is 0 Å². The third-order valence-electron chi connectivity index (χ3n) is 3.32. The molecule has 2 rings (SSSR count). The zero-order valence-electron chi connectivity index (χ0n) is 12.4. The molecule has 1 N–H and O–H groups in total. The summed E-state index contributed by atoms with van der Waals surface area (Å²) in [4.78, 5) is 0. The van der Waals surface area contributed by atoms with Gasteiger partial charge in [-0.1, -0.05) is 6.92 Å². The Labute approximate surface area is 120 Å². The quantitative estimate of drug-likeness (QED) is 0.831. The molecule has 4 heteroatoms. The monoisotopic (exact) mass is 277 g/mol. The molecule has 1 aliphatic heterocycles. The van der Waals surface area contributed by atoms with Gasteiger partial charge in [0.2, 0.25) is 0 Å². The van der Waals surface area contributed by atoms with Crippen LogP contribution >= 0.6 is 0 Å². The van der Waals surface area contributed by atoms with Crippen LogP contribution in [0.5, 0.6) is 11.5 Å². The minimum atomic E-state index is 0.0569. The summed E-state index contributed by atoms with van der Waals surface area (Å²) >= 11 is 0. The number of hydrogen-bond donors (Lipinski definition) is 1. The molecule has 0 fully saturated rings. The van der Waals surface area contributed by atoms with Crippen molar-refractivity contribution in [2.45, 2.75) is 25.8 Å². The van der Waals surface area contributed by atoms with E-state index >= 15 is 0 Å². The maximum absolute atomic E-state index is 5.73. The Kier molecular flexibility index (Phi) is 5.30. The van der Waals surface area contributed by atoms with Gasteiger partial charge in [0.25, 0.3) is 0 Å². The van der Waals surface area contributed by atoms with Gasteiger partial charge in [-0.2, -0.15) is 0 Å². The fourth-order valence-electron chi connectivity index (χ4n) is 2.31. The van der Waals surface area contributed by atoms with E-state index in [2.05, 4.69) is 18.3 Å². The van der Waals surface area contributed by atoms with Gasteiger partial charge in [-0.05, 0) is 36.7 Å². The van der Waals surface area contributed by atoms with Crippen molar-refractivity contribution in [1.82, 2.24) is 5.32 Å². The van der Waals surface area contributed by atoms with Crippen LogP contribution in [0.25, 0.3) is 0 Å². The van der Waals surface area contributed by atoms with E-state index in [0.29, 0.717) is 0 Å². The molecule has 1 atom stereocenters. The van der Waals surface area contributed by atoms with Crippen molar-refractivity contribution >= 4 is 0 Å². The molecule has 0 aromatic heterocycles. The highest BCUT2D eigenvalue weighted by atomic mass is 16.5. The van der Waals surface area contributed by atoms with Crippen LogP contribution in [0.4, 0.5) is 0 Å². The number of rotatable bonds is 7. The van der Waals surface area contributed by atoms with E-state index < -0.39 is 0 Å². The van der Waals surface area contributed by atoms with Gasteiger partial charge in [0, 0.05) is 12.5 Å². The Hall–Kier alpha value is -1.68. The van der Waals surface area contributed by atoms with Gasteiger partial charge < -0.3 is 19.5 Å². The standard InChI is InChI=1S/C16H23NO3/c1-4-7-17-16(15-6-5-8-20-15)12-9-13(18-2)11-14(10-12)19-3/h6,9-11,16-17H,4-5,7-8H2,1-3H3. The van der Waals surface area contributed by atoms with Gasteiger partial charge in [0.15, 0.2) is 0 Å². The largest absolute Gasteiger partial charge is 0.497 e. The lowest BCUT2D eigenvalue weighted by Crippen LogP contribution is -2.24. The number of benzene rings is 1. The molecular weight excluding hydrogens is 254 g/mol. The van der Waals surface area contributed by atoms with Crippen molar-refractivity contribution in [3.8, 4) is 11.5 Å². The molecule has 20 heavy (non-hydrogen) atoms. The van der Waals surface area contributed by atoms with Crippen LogP contribution in [-0.4, -0.2) is 27.4 Å². The molecule has 0 radical (unpaired) electrons. The summed E-state index contributed by atoms with van der Waals surface area (Å²) in [6.45, 7) is 3.85. The van der Waals surface area contributed by atoms with Crippen molar-refractivity contribution in [3.05, 3.63) is 35.6 Å². The first-order valence-electron chi connectivity index (χ1n) is 7.07. The van der Waals surface area contributed by atoms with Gasteiger partial charge in [0.1, 0.15) is 17.3 Å². The van der Waals surface area contributed by atoms with Gasteiger partial charge in [-0.25, -0.2) is 0 Å². The van der Waals surface area contributed by atoms with Crippen molar-refractivity contribution in [2.24, 2.45) is 0 Å². The fourth-order valence-corrected chi connectivity index (χ4v) is 2.31. The topological polar surface area (TPSA) is 39.7 Å². The zero-order valence-corrected chi connectivity index (χ0v) is 12.4. The lowest BCUT2D eigenvalue weighted by molar-refractivity contribution is 0.215. The van der Waals surface area contributed by atoms with Crippen molar-refractivity contribution in [3.63, 3.8) is 0 Å². The first-order chi connectivity index (χ1) is 9.78. The molecule has 1 aromatic rings. The fraction of sp³-hybridized carbons (Fsp3) is 0.500. The first kappa shape index (κ1) is 14.7. The highest BCUT2D eigenvalue weighted by Gasteiger charge is 2.21. The van der Waals surface area contributed by atoms with Crippen LogP contribution < -0.4 is 14.8 Å². The predicted octanol–water partition coefficient (Wildman–Crippen LogP) is 3.05. The second kappa shape index (κ2) is 7.20. The van der Waals surface area contributed by atoms with Crippen LogP contribution in [0.2, 0.25) is 0 Å². The van der Waals surface area contributed by atoms with Crippen LogP contribution in [0, 0.1) is 0 Å². The Morgan fingerprint density at radius 2 is 1.90 bits per heavy atom. The van der Waals surface area contributed by atoms with E-state index in [1.54, 1.807) is 14.2 Å². The minimum Gasteiger partial charge on any atom is -0.497 e. The van der Waals surface area contributed by atoms with Crippen molar-refractivity contribution < 1.29 is 14.2 Å². The molecule has 1 aromatic carbocycles. The smallest absolute Gasteiger partial charge is 0.122 e. The van der Waals surface area contributed by atoms with E-state index in [4.69, 9.17) is 14.2 Å². The van der Waals surface area contributed by atoms with Crippen LogP contribution in [0.15, 0.2) is 30.0 Å². The lowest BCUT2D eigenvalue weighted by Gasteiger charge is -2.21. The van der Waals surface area contributed by atoms with Gasteiger partial charge >= 0.3 is 0 Å². The van der Waals surface area contributed by atoms with E-state index in [9.17, 15) is 0 Å². The normalized spacial score (nSPS) is 15.4. The molecule has 110 valence electrons. The predicted molar refractivity (Wildman–Crippen MR) is 79.2 cm³/mol. The summed E-state index contributed by atoms with van der Waals surface area (Å²) in [5.74, 6) is 2.58. The van der Waals surface area contributed by atoms with E-state index in [-0.39, 0.29) is 6.04 Å². The SMILES string of the molecule is CCCNC(C1=CCCO1)c1cc(OC)cc(OC)c1. The number of hydrogen-bond acceptors (Lipinski definition) is 4. The van der Waals surface area contributed by atoms with E-state index in [1.165, 1.54) is 0 Å². The molecule has 1 unspecified atom stereocenters. The van der Waals surface area contributed by atoms with Gasteiger partial charge in [-0.3, -0.25) is 0 Å². The van der Waals surface area contributed by atoms with Crippen molar-refractivity contribution in [2.75, 3.05) is 27.4 Å². The molecule has 0 saturated heterocycles. The second-order valence-corrected chi connectivity index (χ2v) is 4.78. The first-order valence-corrected chi connectivity index (χ1v) is 7.07. The Bertz CT molecular complexity index is 449. The second-order valence-electron chi connectivity index (χ2n) is 4.78. The van der Waals surface area contributed by atoms with Gasteiger partial charge in [-0.15, -0.1) is 0 Å². The van der Waals surface area contributed by atoms with E-state index in [1.807, 2.05) is 18.2 Å². The van der Waals surface area contributed by atoms with Crippen LogP contribution in [-0.2, 0) is 4.74 Å². The molecule has 4 nitrogen and oxygen atoms in total. The molecule has 0 bridgehead atoms. The average Bonchev–Trinajstić information content (AvgIpc) is 3.01. The van der Waals surface area contributed by atoms with Crippen LogP contribution in [0.1, 0.15) is 31.4 Å². The highest BCUT2D eigenvalue weighted by molar-refractivity contribution is 5.42. The molecule has 1 heterocycles. The third-order valence-corrected chi connectivity index (χ3v) is 3.32. The Morgan fingerprint density at radius 1 is 1.20 bits per heavy atom. The summed E-state index contributed by atoms with van der Waals surface area (Å²) in [7, 11) is 3.33. The highest BCUT2D eigenvalue weighted by Crippen LogP contribution is 2.32. The maximum atomic E-state index is 5.73. The average molecular weight is 277 g/mol. The zero-order chi connectivity index (χ0) is 14.4. The summed E-state index contributed by atoms with van der Waals surface area (Å²) in [6, 6.07) is 5.99. The number of methoxy groups -OCH3 is 2. The Balaban J connectivity index is 2.31. The molecule has 0 amide bonds. The number of ether oxygens (including phenoxy) is 3. The summed E-state index contributed by atoms with van der Waals surface area (Å²) in [5.41, 5.74) is 1.10. The molecule has 1 aliphatic rings. The Morgan fingerprint density at radius 3 is 2.40 bits per heavy atom. The molecule has 0 aliphatic carbocycles. The van der Waals surface area contributed by atoms with E-state index in [0.717, 1.165) is 48.8 Å². The summed E-state index contributed by atoms with van der Waals surface area (Å²) < 4.78 is 16.4. The maximum Gasteiger partial charge on any atom is 0.122 e. The minimum absolute atomic E-state index is 0.0569. The summed E-state index contributed by atoms with van der Waals surface area (Å²) in [5, 5.41) is 3.53. The van der Waals surface area contributed by atoms with Gasteiger partial charge in [0.05, 0.1) is 26.9 Å². The molecule has 0 spiro atoms. The molecular formula is C16H23NO3. The number of nitrogens with one attached hydrogen (secondary N) is 1. The molecule has 0 saturated carbocycles.